The summed E-state index contributed by atoms with van der Waals surface area (Å²) < 4.78 is 11.2. The fraction of sp³-hybridized carbons (Fsp3) is 0.500. The third-order valence-electron chi connectivity index (χ3n) is 4.29. The average Bonchev–Trinajstić information content (AvgIpc) is 3.09. The van der Waals surface area contributed by atoms with Crippen molar-refractivity contribution < 1.29 is 13.9 Å². The van der Waals surface area contributed by atoms with Gasteiger partial charge in [0.1, 0.15) is 6.26 Å². The van der Waals surface area contributed by atoms with Gasteiger partial charge in [0.15, 0.2) is 0 Å². The molecule has 6 heteroatoms. The van der Waals surface area contributed by atoms with E-state index in [4.69, 9.17) is 9.15 Å². The molecule has 1 aliphatic heterocycles. The van der Waals surface area contributed by atoms with Gasteiger partial charge in [0.25, 0.3) is 0 Å². The van der Waals surface area contributed by atoms with Crippen molar-refractivity contribution in [3.63, 3.8) is 0 Å². The lowest BCUT2D eigenvalue weighted by molar-refractivity contribution is -0.121. The summed E-state index contributed by atoms with van der Waals surface area (Å²) in [6.45, 7) is 8.56. The van der Waals surface area contributed by atoms with Crippen molar-refractivity contribution in [1.82, 2.24) is 15.2 Å². The highest BCUT2D eigenvalue weighted by molar-refractivity contribution is 5.78. The first-order valence-electron chi connectivity index (χ1n) is 9.20. The van der Waals surface area contributed by atoms with E-state index < -0.39 is 0 Å². The maximum atomic E-state index is 12.2. The molecule has 0 saturated carbocycles. The average molecular weight is 357 g/mol. The van der Waals surface area contributed by atoms with E-state index >= 15 is 0 Å². The van der Waals surface area contributed by atoms with E-state index in [1.54, 1.807) is 6.26 Å². The second kappa shape index (κ2) is 8.96. The minimum Gasteiger partial charge on any atom is -0.444 e. The van der Waals surface area contributed by atoms with Crippen LogP contribution in [0.15, 0.2) is 41.0 Å². The number of rotatable bonds is 7. The molecular weight excluding hydrogens is 330 g/mol. The summed E-state index contributed by atoms with van der Waals surface area (Å²) >= 11 is 0. The summed E-state index contributed by atoms with van der Waals surface area (Å²) in [6, 6.07) is 9.66. The van der Waals surface area contributed by atoms with E-state index in [9.17, 15) is 4.79 Å². The third kappa shape index (κ3) is 5.41. The standard InChI is InChI=1S/C20H27N3O3/c1-15(2)12-23-8-9-25-18(13-23)11-21-19(24)10-17-14-26-20(22-17)16-6-4-3-5-7-16/h3-7,14-15,18H,8-13H2,1-2H3,(H,21,24). The quantitative estimate of drug-likeness (QED) is 0.824. The van der Waals surface area contributed by atoms with Gasteiger partial charge in [0, 0.05) is 31.7 Å². The molecule has 6 nitrogen and oxygen atoms in total. The summed E-state index contributed by atoms with van der Waals surface area (Å²) in [5.41, 5.74) is 1.53. The largest absolute Gasteiger partial charge is 0.444 e. The van der Waals surface area contributed by atoms with Crippen LogP contribution in [0.1, 0.15) is 19.5 Å². The van der Waals surface area contributed by atoms with Gasteiger partial charge in [-0.05, 0) is 18.1 Å². The Morgan fingerprint density at radius 1 is 1.35 bits per heavy atom. The summed E-state index contributed by atoms with van der Waals surface area (Å²) in [4.78, 5) is 19.0. The minimum absolute atomic E-state index is 0.0450. The van der Waals surface area contributed by atoms with Crippen LogP contribution >= 0.6 is 0 Å². The zero-order chi connectivity index (χ0) is 18.4. The highest BCUT2D eigenvalue weighted by Crippen LogP contribution is 2.18. The molecule has 1 fully saturated rings. The van der Waals surface area contributed by atoms with E-state index in [0.29, 0.717) is 24.0 Å². The van der Waals surface area contributed by atoms with E-state index in [1.165, 1.54) is 0 Å². The SMILES string of the molecule is CC(C)CN1CCOC(CNC(=O)Cc2coc(-c3ccccc3)n2)C1. The van der Waals surface area contributed by atoms with Crippen LogP contribution in [-0.2, 0) is 16.0 Å². The van der Waals surface area contributed by atoms with Crippen molar-refractivity contribution in [3.8, 4) is 11.5 Å². The van der Waals surface area contributed by atoms with Crippen molar-refractivity contribution in [3.05, 3.63) is 42.3 Å². The Labute approximate surface area is 154 Å². The summed E-state index contributed by atoms with van der Waals surface area (Å²) in [5, 5.41) is 2.95. The highest BCUT2D eigenvalue weighted by atomic mass is 16.5. The highest BCUT2D eigenvalue weighted by Gasteiger charge is 2.21. The Morgan fingerprint density at radius 2 is 2.15 bits per heavy atom. The van der Waals surface area contributed by atoms with Gasteiger partial charge in [-0.25, -0.2) is 4.98 Å². The molecule has 0 bridgehead atoms. The van der Waals surface area contributed by atoms with Gasteiger partial charge in [-0.15, -0.1) is 0 Å². The van der Waals surface area contributed by atoms with Crippen LogP contribution < -0.4 is 5.32 Å². The normalized spacial score (nSPS) is 18.2. The Morgan fingerprint density at radius 3 is 2.92 bits per heavy atom. The number of carbonyl (C=O) groups excluding carboxylic acids is 1. The molecular formula is C20H27N3O3. The van der Waals surface area contributed by atoms with Gasteiger partial charge in [0.05, 0.1) is 24.8 Å². The number of ether oxygens (including phenoxy) is 1. The van der Waals surface area contributed by atoms with Gasteiger partial charge in [-0.3, -0.25) is 9.69 Å². The van der Waals surface area contributed by atoms with Crippen molar-refractivity contribution >= 4 is 5.91 Å². The zero-order valence-electron chi connectivity index (χ0n) is 15.5. The van der Waals surface area contributed by atoms with Crippen molar-refractivity contribution in [2.75, 3.05) is 32.8 Å². The first kappa shape index (κ1) is 18.6. The lowest BCUT2D eigenvalue weighted by Gasteiger charge is -2.33. The van der Waals surface area contributed by atoms with E-state index in [-0.39, 0.29) is 18.4 Å². The van der Waals surface area contributed by atoms with Crippen LogP contribution in [0.25, 0.3) is 11.5 Å². The first-order chi connectivity index (χ1) is 12.6. The van der Waals surface area contributed by atoms with Crippen LogP contribution in [0.4, 0.5) is 0 Å². The van der Waals surface area contributed by atoms with E-state index in [2.05, 4.69) is 29.0 Å². The van der Waals surface area contributed by atoms with Gasteiger partial charge in [0.2, 0.25) is 11.8 Å². The van der Waals surface area contributed by atoms with Crippen LogP contribution in [0.5, 0.6) is 0 Å². The summed E-state index contributed by atoms with van der Waals surface area (Å²) in [6.07, 6.45) is 1.80. The molecule has 1 aliphatic rings. The first-order valence-corrected chi connectivity index (χ1v) is 9.20. The fourth-order valence-corrected chi connectivity index (χ4v) is 3.14. The van der Waals surface area contributed by atoms with Crippen LogP contribution in [0, 0.1) is 5.92 Å². The van der Waals surface area contributed by atoms with Crippen LogP contribution in [0.2, 0.25) is 0 Å². The molecule has 0 aliphatic carbocycles. The van der Waals surface area contributed by atoms with E-state index in [0.717, 1.165) is 31.8 Å². The van der Waals surface area contributed by atoms with Crippen molar-refractivity contribution in [2.45, 2.75) is 26.4 Å². The summed E-state index contributed by atoms with van der Waals surface area (Å²) in [5.74, 6) is 1.10. The molecule has 0 radical (unpaired) electrons. The number of morpholine rings is 1. The third-order valence-corrected chi connectivity index (χ3v) is 4.29. The van der Waals surface area contributed by atoms with Crippen LogP contribution in [0.3, 0.4) is 0 Å². The van der Waals surface area contributed by atoms with Crippen LogP contribution in [-0.4, -0.2) is 54.7 Å². The molecule has 2 aromatic rings. The predicted molar refractivity (Wildman–Crippen MR) is 99.7 cm³/mol. The maximum Gasteiger partial charge on any atom is 0.226 e. The molecule has 0 spiro atoms. The lowest BCUT2D eigenvalue weighted by atomic mass is 10.2. The molecule has 1 N–H and O–H groups in total. The minimum atomic E-state index is -0.0671. The molecule has 1 unspecified atom stereocenters. The fourth-order valence-electron chi connectivity index (χ4n) is 3.14. The van der Waals surface area contributed by atoms with Crippen molar-refractivity contribution in [2.24, 2.45) is 5.92 Å². The molecule has 1 aromatic carbocycles. The monoisotopic (exact) mass is 357 g/mol. The number of benzene rings is 1. The molecule has 1 saturated heterocycles. The molecule has 26 heavy (non-hydrogen) atoms. The second-order valence-corrected chi connectivity index (χ2v) is 7.14. The number of nitrogens with zero attached hydrogens (tertiary/aromatic N) is 2. The molecule has 1 aromatic heterocycles. The van der Waals surface area contributed by atoms with Gasteiger partial charge < -0.3 is 14.5 Å². The number of oxazole rings is 1. The second-order valence-electron chi connectivity index (χ2n) is 7.14. The molecule has 1 amide bonds. The topological polar surface area (TPSA) is 67.6 Å². The Balaban J connectivity index is 1.45. The molecule has 1 atom stereocenters. The maximum absolute atomic E-state index is 12.2. The predicted octanol–water partition coefficient (Wildman–Crippen LogP) is 2.36. The number of hydrogen-bond donors (Lipinski definition) is 1. The molecule has 140 valence electrons. The number of aromatic nitrogens is 1. The zero-order valence-corrected chi connectivity index (χ0v) is 15.5. The van der Waals surface area contributed by atoms with Gasteiger partial charge in [-0.2, -0.15) is 0 Å². The smallest absolute Gasteiger partial charge is 0.226 e. The Kier molecular flexibility index (Phi) is 6.41. The number of carbonyl (C=O) groups is 1. The molecule has 2 heterocycles. The van der Waals surface area contributed by atoms with Crippen molar-refractivity contribution in [1.29, 1.82) is 0 Å². The van der Waals surface area contributed by atoms with Gasteiger partial charge in [-0.1, -0.05) is 32.0 Å². The number of amides is 1. The summed E-state index contributed by atoms with van der Waals surface area (Å²) in [7, 11) is 0. The molecule has 3 rings (SSSR count). The Bertz CT molecular complexity index is 699. The van der Waals surface area contributed by atoms with E-state index in [1.807, 2.05) is 30.3 Å². The number of hydrogen-bond acceptors (Lipinski definition) is 5. The Hall–Kier alpha value is -2.18. The lowest BCUT2D eigenvalue weighted by Crippen LogP contribution is -2.48. The van der Waals surface area contributed by atoms with Gasteiger partial charge >= 0.3 is 0 Å². The number of nitrogens with one attached hydrogen (secondary N) is 1.